The van der Waals surface area contributed by atoms with Gasteiger partial charge in [0, 0.05) is 26.0 Å². The summed E-state index contributed by atoms with van der Waals surface area (Å²) in [6, 6.07) is 4.02. The monoisotopic (exact) mass is 293 g/mol. The molecule has 108 valence electrons. The molecule has 0 saturated heterocycles. The van der Waals surface area contributed by atoms with Gasteiger partial charge in [0.2, 0.25) is 0 Å². The maximum absolute atomic E-state index is 6.06. The van der Waals surface area contributed by atoms with E-state index in [0.717, 1.165) is 42.3 Å². The number of pyridine rings is 1. The molecule has 1 saturated carbocycles. The minimum Gasteiger partial charge on any atom is -0.385 e. The van der Waals surface area contributed by atoms with Gasteiger partial charge in [-0.1, -0.05) is 0 Å². The molecule has 0 radical (unpaired) electrons. The van der Waals surface area contributed by atoms with Crippen LogP contribution in [0.25, 0.3) is 11.2 Å². The molecule has 1 aliphatic rings. The lowest BCUT2D eigenvalue weighted by molar-refractivity contribution is 0.167. The van der Waals surface area contributed by atoms with Crippen molar-refractivity contribution in [1.29, 1.82) is 0 Å². The molecule has 3 rings (SSSR count). The van der Waals surface area contributed by atoms with Gasteiger partial charge >= 0.3 is 0 Å². The van der Waals surface area contributed by atoms with Crippen LogP contribution in [0.4, 0.5) is 0 Å². The van der Waals surface area contributed by atoms with Crippen molar-refractivity contribution in [2.45, 2.75) is 38.6 Å². The zero-order valence-electron chi connectivity index (χ0n) is 12.0. The van der Waals surface area contributed by atoms with Crippen LogP contribution in [0, 0.1) is 12.3 Å². The summed E-state index contributed by atoms with van der Waals surface area (Å²) in [6.07, 6.45) is 3.60. The first-order valence-corrected chi connectivity index (χ1v) is 7.59. The van der Waals surface area contributed by atoms with Crippen molar-refractivity contribution in [3.63, 3.8) is 0 Å². The zero-order valence-corrected chi connectivity index (χ0v) is 12.8. The van der Waals surface area contributed by atoms with E-state index in [1.165, 1.54) is 12.8 Å². The molecule has 2 heterocycles. The summed E-state index contributed by atoms with van der Waals surface area (Å²) < 4.78 is 7.44. The first-order valence-electron chi connectivity index (χ1n) is 7.05. The number of alkyl halides is 1. The number of nitrogens with zero attached hydrogens (tertiary/aromatic N) is 3. The summed E-state index contributed by atoms with van der Waals surface area (Å²) in [5.41, 5.74) is 3.27. The smallest absolute Gasteiger partial charge is 0.160 e. The number of methoxy groups -OCH3 is 1. The Morgan fingerprint density at radius 3 is 2.80 bits per heavy atom. The lowest BCUT2D eigenvalue weighted by Gasteiger charge is -2.17. The summed E-state index contributed by atoms with van der Waals surface area (Å²) in [5.74, 6) is 1.35. The highest BCUT2D eigenvalue weighted by Crippen LogP contribution is 2.50. The van der Waals surface area contributed by atoms with E-state index in [9.17, 15) is 0 Å². The maximum atomic E-state index is 6.06. The largest absolute Gasteiger partial charge is 0.385 e. The van der Waals surface area contributed by atoms with Crippen molar-refractivity contribution in [3.8, 4) is 0 Å². The fourth-order valence-electron chi connectivity index (χ4n) is 2.73. The van der Waals surface area contributed by atoms with Crippen LogP contribution in [0.15, 0.2) is 12.1 Å². The highest BCUT2D eigenvalue weighted by atomic mass is 35.5. The molecule has 0 unspecified atom stereocenters. The molecule has 2 aromatic heterocycles. The van der Waals surface area contributed by atoms with E-state index < -0.39 is 0 Å². The molecule has 0 atom stereocenters. The Bertz CT molecular complexity index is 619. The van der Waals surface area contributed by atoms with Gasteiger partial charge in [-0.25, -0.2) is 9.97 Å². The molecule has 20 heavy (non-hydrogen) atoms. The van der Waals surface area contributed by atoms with Crippen LogP contribution in [0.2, 0.25) is 0 Å². The number of ether oxygens (including phenoxy) is 1. The van der Waals surface area contributed by atoms with Crippen molar-refractivity contribution in [2.24, 2.45) is 5.41 Å². The average Bonchev–Trinajstić information content (AvgIpc) is 3.14. The van der Waals surface area contributed by atoms with Gasteiger partial charge in [-0.15, -0.1) is 11.6 Å². The molecule has 0 spiro atoms. The SMILES string of the molecule is COCCC1(Cn2c(CCl)nc3ccc(C)nc32)CC1. The van der Waals surface area contributed by atoms with Crippen LogP contribution in [-0.4, -0.2) is 28.3 Å². The number of imidazole rings is 1. The van der Waals surface area contributed by atoms with Crippen LogP contribution < -0.4 is 0 Å². The number of hydrogen-bond donors (Lipinski definition) is 0. The highest BCUT2D eigenvalue weighted by molar-refractivity contribution is 6.16. The van der Waals surface area contributed by atoms with Gasteiger partial charge in [-0.05, 0) is 43.7 Å². The van der Waals surface area contributed by atoms with Crippen molar-refractivity contribution < 1.29 is 4.74 Å². The Balaban J connectivity index is 1.95. The average molecular weight is 294 g/mol. The predicted octanol–water partition coefficient (Wildman–Crippen LogP) is 3.30. The first-order chi connectivity index (χ1) is 9.67. The number of aromatic nitrogens is 3. The quantitative estimate of drug-likeness (QED) is 0.767. The van der Waals surface area contributed by atoms with Gasteiger partial charge in [-0.2, -0.15) is 0 Å². The minimum atomic E-state index is 0.357. The van der Waals surface area contributed by atoms with Crippen LogP contribution in [-0.2, 0) is 17.2 Å². The van der Waals surface area contributed by atoms with Gasteiger partial charge in [0.1, 0.15) is 11.3 Å². The van der Waals surface area contributed by atoms with Crippen molar-refractivity contribution in [3.05, 3.63) is 23.7 Å². The molecule has 5 heteroatoms. The van der Waals surface area contributed by atoms with E-state index in [-0.39, 0.29) is 0 Å². The molecule has 4 nitrogen and oxygen atoms in total. The minimum absolute atomic E-state index is 0.357. The van der Waals surface area contributed by atoms with E-state index in [1.54, 1.807) is 7.11 Å². The fraction of sp³-hybridized carbons (Fsp3) is 0.600. The molecule has 1 aliphatic carbocycles. The van der Waals surface area contributed by atoms with Crippen molar-refractivity contribution >= 4 is 22.8 Å². The fourth-order valence-corrected chi connectivity index (χ4v) is 2.93. The van der Waals surface area contributed by atoms with Gasteiger partial charge < -0.3 is 9.30 Å². The molecule has 0 bridgehead atoms. The standard InChI is InChI=1S/C15H20ClN3O/c1-11-3-4-12-14(17-11)19(13(9-16)18-12)10-15(5-6-15)7-8-20-2/h3-4H,5-10H2,1-2H3. The van der Waals surface area contributed by atoms with E-state index in [2.05, 4.69) is 14.5 Å². The lowest BCUT2D eigenvalue weighted by atomic mass is 10.0. The van der Waals surface area contributed by atoms with Crippen LogP contribution in [0.3, 0.4) is 0 Å². The van der Waals surface area contributed by atoms with Gasteiger partial charge in [-0.3, -0.25) is 0 Å². The number of fused-ring (bicyclic) bond motifs is 1. The second-order valence-corrected chi connectivity index (χ2v) is 6.05. The number of aryl methyl sites for hydroxylation is 1. The summed E-state index contributed by atoms with van der Waals surface area (Å²) in [6.45, 7) is 3.77. The molecular formula is C15H20ClN3O. The van der Waals surface area contributed by atoms with E-state index in [1.807, 2.05) is 19.1 Å². The Kier molecular flexibility index (Phi) is 3.69. The second-order valence-electron chi connectivity index (χ2n) is 5.79. The molecule has 0 aromatic carbocycles. The highest BCUT2D eigenvalue weighted by Gasteiger charge is 2.43. The molecule has 1 fully saturated rings. The van der Waals surface area contributed by atoms with Crippen LogP contribution >= 0.6 is 11.6 Å². The number of hydrogen-bond acceptors (Lipinski definition) is 3. The van der Waals surface area contributed by atoms with Crippen LogP contribution in [0.5, 0.6) is 0 Å². The van der Waals surface area contributed by atoms with Gasteiger partial charge in [0.05, 0.1) is 5.88 Å². The lowest BCUT2D eigenvalue weighted by Crippen LogP contribution is -2.16. The Morgan fingerprint density at radius 1 is 1.35 bits per heavy atom. The summed E-state index contributed by atoms with van der Waals surface area (Å²) in [5, 5.41) is 0. The molecule has 0 N–H and O–H groups in total. The summed E-state index contributed by atoms with van der Waals surface area (Å²) in [7, 11) is 1.76. The third-order valence-electron chi connectivity index (χ3n) is 4.22. The van der Waals surface area contributed by atoms with E-state index >= 15 is 0 Å². The second kappa shape index (κ2) is 5.34. The first kappa shape index (κ1) is 13.8. The van der Waals surface area contributed by atoms with E-state index in [0.29, 0.717) is 11.3 Å². The van der Waals surface area contributed by atoms with Crippen LogP contribution in [0.1, 0.15) is 30.8 Å². The maximum Gasteiger partial charge on any atom is 0.160 e. The molecule has 0 aliphatic heterocycles. The third kappa shape index (κ3) is 2.54. The van der Waals surface area contributed by atoms with Gasteiger partial charge in [0.25, 0.3) is 0 Å². The predicted molar refractivity (Wildman–Crippen MR) is 80.0 cm³/mol. The van der Waals surface area contributed by atoms with Crippen molar-refractivity contribution in [1.82, 2.24) is 14.5 Å². The van der Waals surface area contributed by atoms with E-state index in [4.69, 9.17) is 16.3 Å². The Morgan fingerprint density at radius 2 is 2.15 bits per heavy atom. The Labute approximate surface area is 124 Å². The molecule has 0 amide bonds. The van der Waals surface area contributed by atoms with Crippen molar-refractivity contribution in [2.75, 3.05) is 13.7 Å². The summed E-state index contributed by atoms with van der Waals surface area (Å²) >= 11 is 6.06. The third-order valence-corrected chi connectivity index (χ3v) is 4.46. The zero-order chi connectivity index (χ0) is 14.2. The van der Waals surface area contributed by atoms with Gasteiger partial charge in [0.15, 0.2) is 5.65 Å². The Hall–Kier alpha value is -1.13. The number of halogens is 1. The molecule has 2 aromatic rings. The molecular weight excluding hydrogens is 274 g/mol. The number of rotatable bonds is 6. The normalized spacial score (nSPS) is 16.8. The topological polar surface area (TPSA) is 39.9 Å². The summed E-state index contributed by atoms with van der Waals surface area (Å²) in [4.78, 5) is 9.25.